The summed E-state index contributed by atoms with van der Waals surface area (Å²) in [6.07, 6.45) is 6.22. The Kier molecular flexibility index (Phi) is 6.18. The number of hydrogen-bond donors (Lipinski definition) is 1. The van der Waals surface area contributed by atoms with Crippen molar-refractivity contribution in [1.29, 1.82) is 0 Å². The number of nitrogen functional groups attached to an aromatic ring is 1. The number of nitrogens with zero attached hydrogens (tertiary/aromatic N) is 7. The van der Waals surface area contributed by atoms with Crippen LogP contribution in [0.3, 0.4) is 0 Å². The van der Waals surface area contributed by atoms with Gasteiger partial charge in [-0.05, 0) is 19.1 Å². The van der Waals surface area contributed by atoms with Crippen LogP contribution < -0.4 is 15.5 Å². The lowest BCUT2D eigenvalue weighted by Crippen LogP contribution is -2.46. The van der Waals surface area contributed by atoms with Gasteiger partial charge in [-0.1, -0.05) is 30.4 Å². The Balaban J connectivity index is 1.37. The first-order chi connectivity index (χ1) is 15.0. The highest BCUT2D eigenvalue weighted by atomic mass is 15.3. The Morgan fingerprint density at radius 3 is 2.52 bits per heavy atom. The van der Waals surface area contributed by atoms with Crippen molar-refractivity contribution in [2.45, 2.75) is 6.92 Å². The van der Waals surface area contributed by atoms with E-state index in [4.69, 9.17) is 5.73 Å². The van der Waals surface area contributed by atoms with E-state index in [1.807, 2.05) is 42.9 Å². The van der Waals surface area contributed by atoms with Gasteiger partial charge in [0.2, 0.25) is 5.95 Å². The number of hydrogen-bond acceptors (Lipinski definition) is 7. The first-order valence-electron chi connectivity index (χ1n) is 10.6. The smallest absolute Gasteiger partial charge is 0.224 e. The molecule has 1 aromatic carbocycles. The average molecular weight is 419 g/mol. The number of benzene rings is 1. The fourth-order valence-corrected chi connectivity index (χ4v) is 3.75. The maximum atomic E-state index is 5.89. The fraction of sp³-hybridized carbons (Fsp3) is 0.348. The molecule has 0 spiro atoms. The summed E-state index contributed by atoms with van der Waals surface area (Å²) in [6, 6.07) is 12.5. The Morgan fingerprint density at radius 1 is 1.06 bits per heavy atom. The Bertz CT molecular complexity index is 1030. The van der Waals surface area contributed by atoms with E-state index in [2.05, 4.69) is 67.4 Å². The molecule has 1 fully saturated rings. The molecule has 31 heavy (non-hydrogen) atoms. The number of nitrogens with two attached hydrogens (primary N) is 1. The molecular weight excluding hydrogens is 388 g/mol. The molecule has 0 aliphatic carbocycles. The molecule has 3 aromatic rings. The van der Waals surface area contributed by atoms with Gasteiger partial charge in [-0.3, -0.25) is 4.90 Å². The standard InChI is InChI=1S/C23H30N8/c1-18-19(17-25-31(18)22-16-21(28(2)3)26-23(24)27-22)8-7-11-29-12-14-30(15-13-29)20-9-5-4-6-10-20/h4-10,16-17H,11-15H2,1-3H3,(H2,24,26,27). The molecule has 1 aliphatic rings. The lowest BCUT2D eigenvalue weighted by atomic mass is 10.2. The quantitative estimate of drug-likeness (QED) is 0.659. The van der Waals surface area contributed by atoms with Crippen LogP contribution in [-0.2, 0) is 0 Å². The van der Waals surface area contributed by atoms with E-state index >= 15 is 0 Å². The zero-order valence-corrected chi connectivity index (χ0v) is 18.4. The van der Waals surface area contributed by atoms with Crippen molar-refractivity contribution in [3.63, 3.8) is 0 Å². The molecule has 1 aliphatic heterocycles. The van der Waals surface area contributed by atoms with Gasteiger partial charge in [-0.15, -0.1) is 0 Å². The summed E-state index contributed by atoms with van der Waals surface area (Å²) in [5.41, 5.74) is 9.29. The van der Waals surface area contributed by atoms with E-state index in [9.17, 15) is 0 Å². The van der Waals surface area contributed by atoms with Gasteiger partial charge < -0.3 is 15.5 Å². The SMILES string of the molecule is Cc1c(C=CCN2CCN(c3ccccc3)CC2)cnn1-c1cc(N(C)C)nc(N)n1. The maximum absolute atomic E-state index is 5.89. The summed E-state index contributed by atoms with van der Waals surface area (Å²) in [5, 5.41) is 4.52. The molecule has 0 amide bonds. The third-order valence-corrected chi connectivity index (χ3v) is 5.59. The van der Waals surface area contributed by atoms with Crippen molar-refractivity contribution >= 4 is 23.5 Å². The van der Waals surface area contributed by atoms with Crippen LogP contribution in [0.15, 0.2) is 48.7 Å². The summed E-state index contributed by atoms with van der Waals surface area (Å²) in [5.74, 6) is 1.66. The van der Waals surface area contributed by atoms with Crippen LogP contribution in [-0.4, -0.2) is 71.5 Å². The number of para-hydroxylation sites is 1. The van der Waals surface area contributed by atoms with Crippen molar-refractivity contribution in [3.8, 4) is 5.82 Å². The second kappa shape index (κ2) is 9.18. The van der Waals surface area contributed by atoms with Gasteiger partial charge in [-0.25, -0.2) is 4.68 Å². The molecular formula is C23H30N8. The molecule has 162 valence electrons. The third kappa shape index (κ3) is 4.86. The van der Waals surface area contributed by atoms with Gasteiger partial charge in [0.15, 0.2) is 5.82 Å². The topological polar surface area (TPSA) is 79.3 Å². The third-order valence-electron chi connectivity index (χ3n) is 5.59. The van der Waals surface area contributed by atoms with Crippen molar-refractivity contribution in [2.24, 2.45) is 0 Å². The van der Waals surface area contributed by atoms with E-state index in [0.717, 1.165) is 49.8 Å². The van der Waals surface area contributed by atoms with Gasteiger partial charge in [0.1, 0.15) is 5.82 Å². The maximum Gasteiger partial charge on any atom is 0.224 e. The zero-order valence-electron chi connectivity index (χ0n) is 18.4. The summed E-state index contributed by atoms with van der Waals surface area (Å²) >= 11 is 0. The monoisotopic (exact) mass is 418 g/mol. The van der Waals surface area contributed by atoms with E-state index in [0.29, 0.717) is 5.82 Å². The number of anilines is 3. The molecule has 1 saturated heterocycles. The normalized spacial score (nSPS) is 15.0. The highest BCUT2D eigenvalue weighted by Crippen LogP contribution is 2.19. The average Bonchev–Trinajstić information content (AvgIpc) is 3.15. The predicted octanol–water partition coefficient (Wildman–Crippen LogP) is 2.45. The molecule has 0 bridgehead atoms. The van der Waals surface area contributed by atoms with Gasteiger partial charge in [-0.2, -0.15) is 15.1 Å². The van der Waals surface area contributed by atoms with E-state index < -0.39 is 0 Å². The highest BCUT2D eigenvalue weighted by molar-refractivity contribution is 5.54. The Labute approximate surface area is 183 Å². The van der Waals surface area contributed by atoms with Crippen molar-refractivity contribution in [1.82, 2.24) is 24.6 Å². The van der Waals surface area contributed by atoms with Crippen molar-refractivity contribution in [2.75, 3.05) is 62.4 Å². The number of rotatable bonds is 6. The molecule has 8 nitrogen and oxygen atoms in total. The van der Waals surface area contributed by atoms with Crippen molar-refractivity contribution < 1.29 is 0 Å². The largest absolute Gasteiger partial charge is 0.369 e. The molecule has 0 radical (unpaired) electrons. The van der Waals surface area contributed by atoms with Crippen molar-refractivity contribution in [3.05, 3.63) is 59.9 Å². The molecule has 0 atom stereocenters. The van der Waals surface area contributed by atoms with Crippen LogP contribution >= 0.6 is 0 Å². The minimum absolute atomic E-state index is 0.239. The molecule has 2 aromatic heterocycles. The molecule has 4 rings (SSSR count). The first kappa shape index (κ1) is 20.9. The molecule has 2 N–H and O–H groups in total. The molecule has 0 saturated carbocycles. The summed E-state index contributed by atoms with van der Waals surface area (Å²) in [4.78, 5) is 15.4. The van der Waals surface area contributed by atoms with Crippen LogP contribution in [0.25, 0.3) is 11.9 Å². The van der Waals surface area contributed by atoms with Gasteiger partial charge in [0.25, 0.3) is 0 Å². The van der Waals surface area contributed by atoms with Gasteiger partial charge in [0.05, 0.1) is 11.9 Å². The minimum Gasteiger partial charge on any atom is -0.369 e. The van der Waals surface area contributed by atoms with E-state index in [-0.39, 0.29) is 5.95 Å². The summed E-state index contributed by atoms with van der Waals surface area (Å²) in [7, 11) is 3.85. The first-order valence-corrected chi connectivity index (χ1v) is 10.6. The van der Waals surface area contributed by atoms with Gasteiger partial charge >= 0.3 is 0 Å². The second-order valence-corrected chi connectivity index (χ2v) is 7.96. The number of aromatic nitrogens is 4. The second-order valence-electron chi connectivity index (χ2n) is 7.96. The summed E-state index contributed by atoms with van der Waals surface area (Å²) in [6.45, 7) is 7.20. The van der Waals surface area contributed by atoms with E-state index in [1.165, 1.54) is 5.69 Å². The predicted molar refractivity (Wildman–Crippen MR) is 127 cm³/mol. The lowest BCUT2D eigenvalue weighted by Gasteiger charge is -2.35. The number of piperazine rings is 1. The van der Waals surface area contributed by atoms with Crippen LogP contribution in [0.5, 0.6) is 0 Å². The minimum atomic E-state index is 0.239. The fourth-order valence-electron chi connectivity index (χ4n) is 3.75. The Morgan fingerprint density at radius 2 is 1.81 bits per heavy atom. The van der Waals surface area contributed by atoms with Crippen LogP contribution in [0.2, 0.25) is 0 Å². The zero-order chi connectivity index (χ0) is 21.8. The van der Waals surface area contributed by atoms with Crippen LogP contribution in [0, 0.1) is 6.92 Å². The van der Waals surface area contributed by atoms with Gasteiger partial charge in [0, 0.05) is 64.1 Å². The van der Waals surface area contributed by atoms with E-state index in [1.54, 1.807) is 0 Å². The van der Waals surface area contributed by atoms with Crippen LogP contribution in [0.1, 0.15) is 11.3 Å². The highest BCUT2D eigenvalue weighted by Gasteiger charge is 2.16. The van der Waals surface area contributed by atoms with Crippen LogP contribution in [0.4, 0.5) is 17.5 Å². The molecule has 0 unspecified atom stereocenters. The summed E-state index contributed by atoms with van der Waals surface area (Å²) < 4.78 is 1.81. The Hall–Kier alpha value is -3.39. The molecule has 8 heteroatoms. The lowest BCUT2D eigenvalue weighted by molar-refractivity contribution is 0.284. The molecule has 3 heterocycles.